The van der Waals surface area contributed by atoms with Gasteiger partial charge in [0.2, 0.25) is 0 Å². The van der Waals surface area contributed by atoms with Gasteiger partial charge in [-0.2, -0.15) is 0 Å². The summed E-state index contributed by atoms with van der Waals surface area (Å²) in [5.41, 5.74) is 0.379. The number of thioether (sulfide) groups is 1. The van der Waals surface area contributed by atoms with Crippen LogP contribution in [0, 0.1) is 10.1 Å². The zero-order chi connectivity index (χ0) is 17.1. The molecule has 0 amide bonds. The fourth-order valence-corrected chi connectivity index (χ4v) is 3.45. The van der Waals surface area contributed by atoms with Crippen molar-refractivity contribution >= 4 is 17.7 Å². The number of carbonyl (C=O) groups excluding carboxylic acids is 1. The van der Waals surface area contributed by atoms with Crippen LogP contribution in [0.25, 0.3) is 0 Å². The number of ether oxygens (including phenoxy) is 3. The minimum Gasteiger partial charge on any atom is -0.453 e. The van der Waals surface area contributed by atoms with E-state index in [0.29, 0.717) is 10.6 Å². The van der Waals surface area contributed by atoms with Gasteiger partial charge in [-0.3, -0.25) is 0 Å². The topological polar surface area (TPSA) is 110 Å². The Morgan fingerprint density at radius 3 is 2.83 bits per heavy atom. The van der Waals surface area contributed by atoms with Crippen molar-refractivity contribution in [3.63, 3.8) is 0 Å². The molecule has 10 heteroatoms. The van der Waals surface area contributed by atoms with Gasteiger partial charge in [-0.15, -0.1) is 21.9 Å². The third kappa shape index (κ3) is 3.45. The lowest BCUT2D eigenvalue weighted by Gasteiger charge is -2.17. The molecule has 2 saturated heterocycles. The van der Waals surface area contributed by atoms with Crippen LogP contribution in [0.1, 0.15) is 17.3 Å². The largest absolute Gasteiger partial charge is 0.453 e. The second kappa shape index (κ2) is 7.32. The molecule has 4 atom stereocenters. The van der Waals surface area contributed by atoms with Gasteiger partial charge in [-0.1, -0.05) is 6.92 Å². The second-order valence-electron chi connectivity index (χ2n) is 5.20. The Morgan fingerprint density at radius 2 is 2.12 bits per heavy atom. The molecular weight excluding hydrogens is 340 g/mol. The first kappa shape index (κ1) is 16.9. The first-order chi connectivity index (χ1) is 11.6. The second-order valence-corrected chi connectivity index (χ2v) is 6.45. The van der Waals surface area contributed by atoms with Crippen molar-refractivity contribution in [3.05, 3.63) is 34.0 Å². The molecule has 0 aromatic carbocycles. The van der Waals surface area contributed by atoms with Gasteiger partial charge < -0.3 is 19.0 Å². The van der Waals surface area contributed by atoms with Gasteiger partial charge in [0, 0.05) is 6.20 Å². The molecule has 2 fully saturated rings. The number of fused-ring (bicyclic) bond motifs is 1. The average molecular weight is 356 g/mol. The highest BCUT2D eigenvalue weighted by Gasteiger charge is 2.51. The lowest BCUT2D eigenvalue weighted by Crippen LogP contribution is -2.35. The van der Waals surface area contributed by atoms with Crippen molar-refractivity contribution in [1.82, 2.24) is 4.98 Å². The van der Waals surface area contributed by atoms with Crippen LogP contribution >= 0.6 is 11.8 Å². The first-order valence-electron chi connectivity index (χ1n) is 7.43. The van der Waals surface area contributed by atoms with Gasteiger partial charge in [0.25, 0.3) is 5.09 Å². The zero-order valence-electron chi connectivity index (χ0n) is 12.8. The Balaban J connectivity index is 1.65. The van der Waals surface area contributed by atoms with E-state index in [1.54, 1.807) is 18.3 Å². The highest BCUT2D eigenvalue weighted by Crippen LogP contribution is 2.31. The summed E-state index contributed by atoms with van der Waals surface area (Å²) in [5, 5.41) is 10.2. The van der Waals surface area contributed by atoms with Crippen LogP contribution in [-0.4, -0.2) is 59.4 Å². The molecule has 3 heterocycles. The van der Waals surface area contributed by atoms with Crippen LogP contribution in [-0.2, 0) is 19.0 Å². The maximum atomic E-state index is 12.4. The molecule has 2 aliphatic rings. The van der Waals surface area contributed by atoms with E-state index >= 15 is 0 Å². The maximum Gasteiger partial charge on any atom is 0.341 e. The van der Waals surface area contributed by atoms with Crippen LogP contribution in [0.4, 0.5) is 0 Å². The van der Waals surface area contributed by atoms with Crippen molar-refractivity contribution in [3.8, 4) is 0 Å². The molecule has 0 N–H and O–H groups in total. The van der Waals surface area contributed by atoms with E-state index in [1.165, 1.54) is 11.8 Å². The smallest absolute Gasteiger partial charge is 0.341 e. The summed E-state index contributed by atoms with van der Waals surface area (Å²) in [4.78, 5) is 31.6. The molecule has 130 valence electrons. The van der Waals surface area contributed by atoms with Gasteiger partial charge in [0.1, 0.15) is 17.2 Å². The molecule has 0 spiro atoms. The Labute approximate surface area is 141 Å². The summed E-state index contributed by atoms with van der Waals surface area (Å²) in [7, 11) is 0. The predicted molar refractivity (Wildman–Crippen MR) is 81.2 cm³/mol. The fraction of sp³-hybridized carbons (Fsp3) is 0.571. The average Bonchev–Trinajstić information content (AvgIpc) is 3.12. The number of hydrogen-bond donors (Lipinski definition) is 0. The molecule has 9 nitrogen and oxygen atoms in total. The molecule has 0 aliphatic carbocycles. The van der Waals surface area contributed by atoms with E-state index in [4.69, 9.17) is 14.2 Å². The van der Waals surface area contributed by atoms with Gasteiger partial charge >= 0.3 is 5.97 Å². The van der Waals surface area contributed by atoms with E-state index in [-0.39, 0.29) is 13.2 Å². The number of esters is 1. The summed E-state index contributed by atoms with van der Waals surface area (Å²) < 4.78 is 16.4. The van der Waals surface area contributed by atoms with E-state index < -0.39 is 35.5 Å². The van der Waals surface area contributed by atoms with E-state index in [9.17, 15) is 14.9 Å². The first-order valence-corrected chi connectivity index (χ1v) is 8.42. The molecule has 2 aliphatic heterocycles. The predicted octanol–water partition coefficient (Wildman–Crippen LogP) is 1.09. The number of carbonyl (C=O) groups is 1. The Kier molecular flexibility index (Phi) is 5.17. The number of pyridine rings is 1. The highest BCUT2D eigenvalue weighted by molar-refractivity contribution is 7.99. The minimum absolute atomic E-state index is 0.0220. The van der Waals surface area contributed by atoms with Gasteiger partial charge in [-0.25, -0.2) is 9.78 Å². The van der Waals surface area contributed by atoms with Crippen LogP contribution < -0.4 is 0 Å². The lowest BCUT2D eigenvalue weighted by atomic mass is 10.1. The Hall–Kier alpha value is -1.91. The summed E-state index contributed by atoms with van der Waals surface area (Å²) >= 11 is 1.45. The minimum atomic E-state index is -0.872. The molecule has 1 aromatic rings. The fourth-order valence-electron chi connectivity index (χ4n) is 2.73. The van der Waals surface area contributed by atoms with E-state index in [1.807, 2.05) is 6.92 Å². The van der Waals surface area contributed by atoms with Crippen LogP contribution in [0.15, 0.2) is 23.4 Å². The van der Waals surface area contributed by atoms with Gasteiger partial charge in [-0.05, 0) is 17.9 Å². The van der Waals surface area contributed by atoms with Crippen molar-refractivity contribution in [1.29, 1.82) is 0 Å². The third-order valence-corrected chi connectivity index (χ3v) is 4.60. The molecule has 0 saturated carbocycles. The Bertz CT molecular complexity index is 629. The Morgan fingerprint density at radius 1 is 1.42 bits per heavy atom. The number of nitrogens with zero attached hydrogens (tertiary/aromatic N) is 2. The highest BCUT2D eigenvalue weighted by atomic mass is 32.2. The standard InChI is InChI=1S/C14H16N2O7S/c1-2-24-13-8(4-3-5-15-13)14(17)22-9-6-20-12-10(23-16(18)19)7-21-11(9)12/h3-5,9-12H,2,6-7H2,1H3/t9-,10+,11+,12+/m0/s1. The van der Waals surface area contributed by atoms with Crippen LogP contribution in [0.5, 0.6) is 0 Å². The molecular formula is C14H16N2O7S. The molecule has 0 bridgehead atoms. The molecule has 3 rings (SSSR count). The zero-order valence-corrected chi connectivity index (χ0v) is 13.6. The van der Waals surface area contributed by atoms with Crippen LogP contribution in [0.3, 0.4) is 0 Å². The number of rotatable bonds is 6. The van der Waals surface area contributed by atoms with E-state index in [2.05, 4.69) is 9.82 Å². The number of hydrogen-bond acceptors (Lipinski definition) is 9. The van der Waals surface area contributed by atoms with Gasteiger partial charge in [0.05, 0.1) is 18.8 Å². The summed E-state index contributed by atoms with van der Waals surface area (Å²) in [5.74, 6) is 0.257. The molecule has 0 radical (unpaired) electrons. The maximum absolute atomic E-state index is 12.4. The van der Waals surface area contributed by atoms with Crippen LogP contribution in [0.2, 0.25) is 0 Å². The summed E-state index contributed by atoms with van der Waals surface area (Å²) in [6, 6.07) is 3.31. The van der Waals surface area contributed by atoms with Crippen molar-refractivity contribution in [2.75, 3.05) is 19.0 Å². The summed E-state index contributed by atoms with van der Waals surface area (Å²) in [6.07, 6.45) is -1.02. The van der Waals surface area contributed by atoms with E-state index in [0.717, 1.165) is 5.75 Å². The lowest BCUT2D eigenvalue weighted by molar-refractivity contribution is -0.769. The number of aromatic nitrogens is 1. The molecule has 1 aromatic heterocycles. The third-order valence-electron chi connectivity index (χ3n) is 3.71. The normalized spacial score (nSPS) is 28.4. The monoisotopic (exact) mass is 356 g/mol. The molecule has 24 heavy (non-hydrogen) atoms. The molecule has 0 unspecified atom stereocenters. The van der Waals surface area contributed by atoms with Crippen molar-refractivity contribution in [2.45, 2.75) is 36.4 Å². The van der Waals surface area contributed by atoms with Gasteiger partial charge in [0.15, 0.2) is 12.2 Å². The quantitative estimate of drug-likeness (QED) is 0.320. The van der Waals surface area contributed by atoms with Crippen molar-refractivity contribution < 1.29 is 28.9 Å². The summed E-state index contributed by atoms with van der Waals surface area (Å²) in [6.45, 7) is 2.09. The van der Waals surface area contributed by atoms with Crippen molar-refractivity contribution in [2.24, 2.45) is 0 Å². The SMILES string of the molecule is CCSc1ncccc1C(=O)O[C@H]1CO[C@H]2[C@@H]1OC[C@H]2O[N+](=O)[O-].